The minimum atomic E-state index is -0.499. The summed E-state index contributed by atoms with van der Waals surface area (Å²) in [6.45, 7) is 6.43. The topological polar surface area (TPSA) is 41.6 Å². The first-order valence-electron chi connectivity index (χ1n) is 9.96. The summed E-state index contributed by atoms with van der Waals surface area (Å²) >= 11 is 0. The van der Waals surface area contributed by atoms with Crippen molar-refractivity contribution in [3.05, 3.63) is 71.8 Å². The number of allylic oxidation sites excluding steroid dienone is 1. The van der Waals surface area contributed by atoms with Crippen molar-refractivity contribution in [3.8, 4) is 0 Å². The molecular formula is C24H28N2O2. The molecule has 1 saturated heterocycles. The Labute approximate surface area is 167 Å². The van der Waals surface area contributed by atoms with Gasteiger partial charge in [-0.05, 0) is 50.8 Å². The average molecular weight is 377 g/mol. The standard InChI is InChI=1S/C24H28N2O2/c1-23(2,3)28-22(27)26-17-16-24(15-9-12-18-10-5-4-6-11-18)19-13-7-8-14-20(19)25-21(24)26/h4-14,21,25H,15-17H2,1-3H3/b12-9+. The van der Waals surface area contributed by atoms with E-state index in [0.29, 0.717) is 6.54 Å². The molecule has 1 fully saturated rings. The Morgan fingerprint density at radius 1 is 1.18 bits per heavy atom. The number of amides is 1. The lowest BCUT2D eigenvalue weighted by Crippen LogP contribution is -2.47. The molecule has 1 amide bonds. The zero-order valence-corrected chi connectivity index (χ0v) is 16.8. The van der Waals surface area contributed by atoms with Crippen LogP contribution in [0.3, 0.4) is 0 Å². The monoisotopic (exact) mass is 376 g/mol. The maximum absolute atomic E-state index is 12.8. The lowest BCUT2D eigenvalue weighted by atomic mass is 9.76. The van der Waals surface area contributed by atoms with Crippen molar-refractivity contribution in [1.82, 2.24) is 4.90 Å². The number of anilines is 1. The molecule has 2 aromatic rings. The highest BCUT2D eigenvalue weighted by atomic mass is 16.6. The minimum absolute atomic E-state index is 0.0832. The summed E-state index contributed by atoms with van der Waals surface area (Å²) in [6, 6.07) is 18.8. The van der Waals surface area contributed by atoms with E-state index >= 15 is 0 Å². The van der Waals surface area contributed by atoms with E-state index in [0.717, 1.165) is 18.5 Å². The third-order valence-electron chi connectivity index (χ3n) is 5.61. The van der Waals surface area contributed by atoms with Gasteiger partial charge in [0, 0.05) is 17.6 Å². The fourth-order valence-electron chi connectivity index (χ4n) is 4.38. The maximum Gasteiger partial charge on any atom is 0.411 e. The third-order valence-corrected chi connectivity index (χ3v) is 5.61. The molecular weight excluding hydrogens is 348 g/mol. The molecule has 2 unspecified atom stereocenters. The number of hydrogen-bond donors (Lipinski definition) is 1. The van der Waals surface area contributed by atoms with Crippen LogP contribution in [0.1, 0.15) is 44.7 Å². The first kappa shape index (κ1) is 18.6. The predicted octanol–water partition coefficient (Wildman–Crippen LogP) is 5.42. The third kappa shape index (κ3) is 3.39. The number of ether oxygens (including phenoxy) is 1. The smallest absolute Gasteiger partial charge is 0.411 e. The van der Waals surface area contributed by atoms with Crippen molar-refractivity contribution in [2.75, 3.05) is 11.9 Å². The molecule has 4 heteroatoms. The van der Waals surface area contributed by atoms with Crippen molar-refractivity contribution in [2.45, 2.75) is 50.8 Å². The van der Waals surface area contributed by atoms with E-state index in [1.165, 1.54) is 11.1 Å². The summed E-state index contributed by atoms with van der Waals surface area (Å²) in [6.07, 6.45) is 5.87. The molecule has 4 rings (SSSR count). The maximum atomic E-state index is 12.8. The lowest BCUT2D eigenvalue weighted by Gasteiger charge is -2.33. The van der Waals surface area contributed by atoms with Crippen LogP contribution in [-0.2, 0) is 10.2 Å². The van der Waals surface area contributed by atoms with Crippen molar-refractivity contribution < 1.29 is 9.53 Å². The minimum Gasteiger partial charge on any atom is -0.444 e. The Hall–Kier alpha value is -2.75. The quantitative estimate of drug-likeness (QED) is 0.778. The van der Waals surface area contributed by atoms with Gasteiger partial charge in [0.2, 0.25) is 0 Å². The van der Waals surface area contributed by atoms with Crippen molar-refractivity contribution >= 4 is 17.9 Å². The van der Waals surface area contributed by atoms with E-state index in [9.17, 15) is 4.79 Å². The normalized spacial score (nSPS) is 23.4. The van der Waals surface area contributed by atoms with Gasteiger partial charge in [-0.1, -0.05) is 60.7 Å². The molecule has 0 radical (unpaired) electrons. The Morgan fingerprint density at radius 3 is 2.64 bits per heavy atom. The Balaban J connectivity index is 1.62. The van der Waals surface area contributed by atoms with E-state index in [-0.39, 0.29) is 17.7 Å². The van der Waals surface area contributed by atoms with E-state index in [1.807, 2.05) is 49.9 Å². The van der Waals surface area contributed by atoms with Gasteiger partial charge in [0.25, 0.3) is 0 Å². The van der Waals surface area contributed by atoms with Gasteiger partial charge >= 0.3 is 6.09 Å². The SMILES string of the molecule is CC(C)(C)OC(=O)N1CCC2(C/C=C/c3ccccc3)c3ccccc3NC12. The highest BCUT2D eigenvalue weighted by Crippen LogP contribution is 2.51. The lowest BCUT2D eigenvalue weighted by molar-refractivity contribution is 0.0226. The molecule has 2 aliphatic heterocycles. The van der Waals surface area contributed by atoms with Crippen LogP contribution in [0, 0.1) is 0 Å². The van der Waals surface area contributed by atoms with Crippen LogP contribution in [0.25, 0.3) is 6.08 Å². The molecule has 2 aromatic carbocycles. The summed E-state index contributed by atoms with van der Waals surface area (Å²) in [5, 5.41) is 3.59. The highest BCUT2D eigenvalue weighted by molar-refractivity contribution is 5.73. The molecule has 2 heterocycles. The second-order valence-corrected chi connectivity index (χ2v) is 8.69. The van der Waals surface area contributed by atoms with Crippen LogP contribution in [0.2, 0.25) is 0 Å². The van der Waals surface area contributed by atoms with Crippen molar-refractivity contribution in [2.24, 2.45) is 0 Å². The van der Waals surface area contributed by atoms with Gasteiger partial charge in [-0.3, -0.25) is 4.90 Å². The molecule has 0 aliphatic carbocycles. The number of para-hydroxylation sites is 1. The van der Waals surface area contributed by atoms with Crippen LogP contribution >= 0.6 is 0 Å². The van der Waals surface area contributed by atoms with Gasteiger partial charge in [0.05, 0.1) is 0 Å². The van der Waals surface area contributed by atoms with Crippen LogP contribution in [-0.4, -0.2) is 29.3 Å². The molecule has 4 nitrogen and oxygen atoms in total. The van der Waals surface area contributed by atoms with Gasteiger partial charge in [-0.25, -0.2) is 4.79 Å². The number of nitrogens with one attached hydrogen (secondary N) is 1. The number of likely N-dealkylation sites (tertiary alicyclic amines) is 1. The number of carbonyl (C=O) groups excluding carboxylic acids is 1. The van der Waals surface area contributed by atoms with Gasteiger partial charge < -0.3 is 10.1 Å². The average Bonchev–Trinajstić information content (AvgIpc) is 3.15. The Bertz CT molecular complexity index is 885. The summed E-state index contributed by atoms with van der Waals surface area (Å²) in [5.74, 6) is 0. The van der Waals surface area contributed by atoms with E-state index in [4.69, 9.17) is 4.74 Å². The summed E-state index contributed by atoms with van der Waals surface area (Å²) < 4.78 is 5.68. The summed E-state index contributed by atoms with van der Waals surface area (Å²) in [5.41, 5.74) is 2.98. The van der Waals surface area contributed by atoms with Gasteiger partial charge in [0.15, 0.2) is 0 Å². The summed E-state index contributed by atoms with van der Waals surface area (Å²) in [4.78, 5) is 14.7. The van der Waals surface area contributed by atoms with Gasteiger partial charge in [-0.15, -0.1) is 0 Å². The zero-order chi connectivity index (χ0) is 19.8. The molecule has 0 saturated carbocycles. The number of carbonyl (C=O) groups is 1. The van der Waals surface area contributed by atoms with Gasteiger partial charge in [-0.2, -0.15) is 0 Å². The first-order chi connectivity index (χ1) is 13.4. The first-order valence-corrected chi connectivity index (χ1v) is 9.96. The van der Waals surface area contributed by atoms with Crippen LogP contribution < -0.4 is 5.32 Å². The van der Waals surface area contributed by atoms with Crippen molar-refractivity contribution in [1.29, 1.82) is 0 Å². The summed E-state index contributed by atoms with van der Waals surface area (Å²) in [7, 11) is 0. The van der Waals surface area contributed by atoms with Crippen LogP contribution in [0.4, 0.5) is 10.5 Å². The number of rotatable bonds is 3. The Morgan fingerprint density at radius 2 is 1.89 bits per heavy atom. The number of nitrogens with zero attached hydrogens (tertiary/aromatic N) is 1. The predicted molar refractivity (Wildman–Crippen MR) is 113 cm³/mol. The number of benzene rings is 2. The van der Waals surface area contributed by atoms with Gasteiger partial charge in [0.1, 0.15) is 11.8 Å². The molecule has 28 heavy (non-hydrogen) atoms. The van der Waals surface area contributed by atoms with Crippen LogP contribution in [0.15, 0.2) is 60.7 Å². The zero-order valence-electron chi connectivity index (χ0n) is 16.8. The molecule has 0 aromatic heterocycles. The second kappa shape index (κ2) is 7.01. The molecule has 2 atom stereocenters. The fraction of sp³-hybridized carbons (Fsp3) is 0.375. The number of hydrogen-bond acceptors (Lipinski definition) is 3. The van der Waals surface area contributed by atoms with Crippen molar-refractivity contribution in [3.63, 3.8) is 0 Å². The fourth-order valence-corrected chi connectivity index (χ4v) is 4.38. The Kier molecular flexibility index (Phi) is 4.66. The molecule has 0 bridgehead atoms. The molecule has 2 aliphatic rings. The highest BCUT2D eigenvalue weighted by Gasteiger charge is 2.55. The number of fused-ring (bicyclic) bond motifs is 3. The molecule has 146 valence electrons. The molecule has 0 spiro atoms. The van der Waals surface area contributed by atoms with Crippen LogP contribution in [0.5, 0.6) is 0 Å². The largest absolute Gasteiger partial charge is 0.444 e. The second-order valence-electron chi connectivity index (χ2n) is 8.69. The molecule has 1 N–H and O–H groups in total. The van der Waals surface area contributed by atoms with E-state index in [2.05, 4.69) is 47.8 Å². The van der Waals surface area contributed by atoms with E-state index in [1.54, 1.807) is 0 Å². The van der Waals surface area contributed by atoms with E-state index < -0.39 is 5.60 Å².